The normalized spacial score (nSPS) is 19.1. The van der Waals surface area contributed by atoms with E-state index in [0.717, 1.165) is 0 Å². The van der Waals surface area contributed by atoms with Gasteiger partial charge in [0.1, 0.15) is 72.5 Å². The van der Waals surface area contributed by atoms with E-state index in [4.69, 9.17) is 28.7 Å². The lowest BCUT2D eigenvalue weighted by Crippen LogP contribution is -2.59. The van der Waals surface area contributed by atoms with Gasteiger partial charge in [0, 0.05) is 36.8 Å². The Kier molecular flexibility index (Phi) is 16.9. The molecule has 0 unspecified atom stereocenters. The molecule has 1 aliphatic rings. The number of aromatic nitrogens is 3. The Bertz CT molecular complexity index is 2010. The van der Waals surface area contributed by atoms with Crippen molar-refractivity contribution < 1.29 is 44.1 Å². The van der Waals surface area contributed by atoms with Crippen LogP contribution in [0.1, 0.15) is 68.5 Å². The van der Waals surface area contributed by atoms with Crippen molar-refractivity contribution in [2.45, 2.75) is 88.9 Å². The van der Waals surface area contributed by atoms with Gasteiger partial charge < -0.3 is 44.1 Å². The predicted octanol–water partition coefficient (Wildman–Crippen LogP) is 4.57. The Morgan fingerprint density at radius 3 is 1.79 bits per heavy atom. The molecular formula is C44H53N3O9Si. The maximum Gasteiger partial charge on any atom is 0.214 e. The molecule has 4 N–H and O–H groups in total. The van der Waals surface area contributed by atoms with Gasteiger partial charge in [-0.15, -0.1) is 18.7 Å². The third-order valence-corrected chi connectivity index (χ3v) is 13.7. The van der Waals surface area contributed by atoms with Gasteiger partial charge in [-0.2, -0.15) is 0 Å². The number of aliphatic hydroxyl groups excluding tert-OH is 4. The van der Waals surface area contributed by atoms with Crippen LogP contribution in [0.3, 0.4) is 0 Å². The second-order valence-corrected chi connectivity index (χ2v) is 19.8. The molecule has 0 spiro atoms. The van der Waals surface area contributed by atoms with E-state index in [1.54, 1.807) is 48.6 Å². The van der Waals surface area contributed by atoms with Crippen LogP contribution in [0, 0.1) is 35.1 Å². The summed E-state index contributed by atoms with van der Waals surface area (Å²) in [6.07, 6.45) is -1.35. The number of nitrogens with zero attached hydrogens (tertiary/aromatic N) is 3. The minimum Gasteiger partial charge on any atom is -0.493 e. The molecule has 0 saturated carbocycles. The van der Waals surface area contributed by atoms with Gasteiger partial charge in [0.15, 0.2) is 6.29 Å². The van der Waals surface area contributed by atoms with Crippen LogP contribution in [0.5, 0.6) is 17.4 Å². The van der Waals surface area contributed by atoms with E-state index in [2.05, 4.69) is 92.1 Å². The summed E-state index contributed by atoms with van der Waals surface area (Å²) in [7, 11) is -1.89. The van der Waals surface area contributed by atoms with Crippen LogP contribution < -0.4 is 14.2 Å². The highest BCUT2D eigenvalue weighted by Crippen LogP contribution is 2.35. The standard InChI is InChI=1S/C44H53N3O9Si/c1-8-10-21-52-36-26-32(17-16-31-14-12-15-39(47-31)54-23-13-24-55-43-42(51)41(50)40(49)38(30-48)56-43)45-33(27-36)18-19-34-28-37(53-22-11-9-2)29-35(46-34)20-25-57(6,7)44(3,4)5/h8-9,12,14-15,26-29,38,40-43,48-51H,1-2,10-11,13,21-24,30H2,3-7H3/t38-,40+,41+,42-,43-/m1/s1. The average Bonchev–Trinajstić information content (AvgIpc) is 3.18. The van der Waals surface area contributed by atoms with Crippen LogP contribution in [-0.2, 0) is 9.47 Å². The van der Waals surface area contributed by atoms with Gasteiger partial charge in [-0.25, -0.2) is 15.0 Å². The van der Waals surface area contributed by atoms with E-state index in [1.807, 2.05) is 6.07 Å². The van der Waals surface area contributed by atoms with Crippen LogP contribution in [0.2, 0.25) is 18.1 Å². The number of hydrogen-bond acceptors (Lipinski definition) is 12. The topological polar surface area (TPSA) is 166 Å². The zero-order valence-corrected chi connectivity index (χ0v) is 34.3. The zero-order chi connectivity index (χ0) is 41.4. The smallest absolute Gasteiger partial charge is 0.214 e. The van der Waals surface area contributed by atoms with E-state index in [1.165, 1.54) is 0 Å². The molecule has 1 aliphatic heterocycles. The monoisotopic (exact) mass is 795 g/mol. The van der Waals surface area contributed by atoms with Gasteiger partial charge in [0.05, 0.1) is 33.0 Å². The summed E-state index contributed by atoms with van der Waals surface area (Å²) in [6.45, 7) is 19.4. The van der Waals surface area contributed by atoms with Crippen molar-refractivity contribution in [1.29, 1.82) is 0 Å². The summed E-state index contributed by atoms with van der Waals surface area (Å²) in [6, 6.07) is 12.3. The van der Waals surface area contributed by atoms with Gasteiger partial charge in [-0.05, 0) is 47.6 Å². The van der Waals surface area contributed by atoms with Crippen molar-refractivity contribution >= 4 is 8.07 Å². The van der Waals surface area contributed by atoms with Gasteiger partial charge in [0.2, 0.25) is 5.88 Å². The lowest BCUT2D eigenvalue weighted by atomic mass is 9.99. The number of rotatable bonds is 15. The van der Waals surface area contributed by atoms with Crippen molar-refractivity contribution in [2.75, 3.05) is 33.0 Å². The summed E-state index contributed by atoms with van der Waals surface area (Å²) < 4.78 is 28.6. The second-order valence-electron chi connectivity index (χ2n) is 14.8. The molecule has 13 heteroatoms. The molecule has 12 nitrogen and oxygen atoms in total. The van der Waals surface area contributed by atoms with Crippen LogP contribution in [0.15, 0.2) is 67.8 Å². The van der Waals surface area contributed by atoms with Crippen LogP contribution in [0.4, 0.5) is 0 Å². The Morgan fingerprint density at radius 1 is 0.719 bits per heavy atom. The summed E-state index contributed by atoms with van der Waals surface area (Å²) in [4.78, 5) is 13.9. The molecule has 0 aliphatic carbocycles. The minimum atomic E-state index is -1.89. The van der Waals surface area contributed by atoms with Crippen LogP contribution >= 0.6 is 0 Å². The SMILES string of the molecule is C=CCCOc1cc(C#Cc2cc(OCCC=C)cc(C#C[Si](C)(C)C(C)(C)C)n2)nc(C#Cc2cccc(OCCCO[C@@H]3O[C@H](CO)[C@H](O)[C@H](O)[C@H]3O)n2)c1. The van der Waals surface area contributed by atoms with Gasteiger partial charge in [0.25, 0.3) is 0 Å². The lowest BCUT2D eigenvalue weighted by molar-refractivity contribution is -0.301. The highest BCUT2D eigenvalue weighted by molar-refractivity contribution is 6.87. The molecule has 3 aromatic rings. The Hall–Kier alpha value is -5.01. The quantitative estimate of drug-likeness (QED) is 0.0735. The maximum absolute atomic E-state index is 10.1. The molecule has 4 heterocycles. The Labute approximate surface area is 337 Å². The first-order valence-electron chi connectivity index (χ1n) is 18.8. The highest BCUT2D eigenvalue weighted by atomic mass is 28.3. The number of aliphatic hydroxyl groups is 4. The molecule has 0 amide bonds. The molecule has 1 saturated heterocycles. The summed E-state index contributed by atoms with van der Waals surface area (Å²) in [5, 5.41) is 39.5. The van der Waals surface area contributed by atoms with Crippen molar-refractivity contribution in [3.63, 3.8) is 0 Å². The molecule has 5 atom stereocenters. The van der Waals surface area contributed by atoms with Crippen LogP contribution in [0.25, 0.3) is 0 Å². The first-order chi connectivity index (χ1) is 27.2. The number of hydrogen-bond donors (Lipinski definition) is 4. The molecule has 0 aromatic carbocycles. The molecular weight excluding hydrogens is 743 g/mol. The highest BCUT2D eigenvalue weighted by Gasteiger charge is 2.44. The summed E-state index contributed by atoms with van der Waals surface area (Å²) in [5.74, 6) is 17.2. The molecule has 57 heavy (non-hydrogen) atoms. The van der Waals surface area contributed by atoms with Crippen molar-refractivity contribution in [1.82, 2.24) is 15.0 Å². The zero-order valence-electron chi connectivity index (χ0n) is 33.3. The Balaban J connectivity index is 1.50. The molecule has 0 bridgehead atoms. The molecule has 302 valence electrons. The van der Waals surface area contributed by atoms with E-state index in [9.17, 15) is 20.4 Å². The summed E-state index contributed by atoms with van der Waals surface area (Å²) in [5.41, 5.74) is 5.89. The molecule has 1 fully saturated rings. The first kappa shape index (κ1) is 44.7. The van der Waals surface area contributed by atoms with Gasteiger partial charge >= 0.3 is 0 Å². The van der Waals surface area contributed by atoms with Gasteiger partial charge in [-0.1, -0.05) is 58.0 Å². The van der Waals surface area contributed by atoms with E-state index >= 15 is 0 Å². The van der Waals surface area contributed by atoms with E-state index in [0.29, 0.717) is 78.3 Å². The Morgan fingerprint density at radius 2 is 1.26 bits per heavy atom. The van der Waals surface area contributed by atoms with Gasteiger partial charge in [-0.3, -0.25) is 0 Å². The summed E-state index contributed by atoms with van der Waals surface area (Å²) >= 11 is 0. The van der Waals surface area contributed by atoms with Crippen molar-refractivity contribution in [3.8, 4) is 52.5 Å². The third-order valence-electron chi connectivity index (χ3n) is 9.19. The maximum atomic E-state index is 10.1. The predicted molar refractivity (Wildman–Crippen MR) is 219 cm³/mol. The fourth-order valence-corrected chi connectivity index (χ4v) is 5.64. The second kappa shape index (κ2) is 21.5. The number of pyridine rings is 3. The van der Waals surface area contributed by atoms with E-state index in [-0.39, 0.29) is 18.3 Å². The third kappa shape index (κ3) is 13.9. The van der Waals surface area contributed by atoms with Crippen molar-refractivity contribution in [3.05, 3.63) is 96.2 Å². The van der Waals surface area contributed by atoms with Crippen molar-refractivity contribution in [2.24, 2.45) is 0 Å². The first-order valence-corrected chi connectivity index (χ1v) is 21.8. The fraction of sp³-hybridized carbons (Fsp3) is 0.432. The average molecular weight is 796 g/mol. The van der Waals surface area contributed by atoms with Crippen LogP contribution in [-0.4, -0.2) is 107 Å². The van der Waals surface area contributed by atoms with E-state index < -0.39 is 45.4 Å². The number of ether oxygens (including phenoxy) is 5. The molecule has 4 rings (SSSR count). The largest absolute Gasteiger partial charge is 0.493 e. The molecule has 0 radical (unpaired) electrons. The molecule has 3 aromatic heterocycles. The lowest BCUT2D eigenvalue weighted by Gasteiger charge is -2.39. The minimum absolute atomic E-state index is 0.0962. The fourth-order valence-electron chi connectivity index (χ4n) is 4.82.